The molecule has 0 aliphatic heterocycles. The van der Waals surface area contributed by atoms with E-state index < -0.39 is 11.9 Å². The lowest BCUT2D eigenvalue weighted by Gasteiger charge is -2.21. The highest BCUT2D eigenvalue weighted by molar-refractivity contribution is 6.34. The molecule has 0 saturated carbocycles. The van der Waals surface area contributed by atoms with Crippen molar-refractivity contribution >= 4 is 35.1 Å². The molecule has 0 fully saturated rings. The number of halogens is 2. The third-order valence-corrected chi connectivity index (χ3v) is 2.82. The molecule has 0 aliphatic rings. The summed E-state index contributed by atoms with van der Waals surface area (Å²) in [5.41, 5.74) is 0.115. The van der Waals surface area contributed by atoms with Gasteiger partial charge in [0.25, 0.3) is 5.91 Å². The van der Waals surface area contributed by atoms with E-state index in [9.17, 15) is 9.59 Å². The van der Waals surface area contributed by atoms with E-state index >= 15 is 0 Å². The third kappa shape index (κ3) is 4.61. The van der Waals surface area contributed by atoms with Crippen LogP contribution in [0.2, 0.25) is 10.3 Å². The van der Waals surface area contributed by atoms with E-state index in [4.69, 9.17) is 27.9 Å². The van der Waals surface area contributed by atoms with Gasteiger partial charge in [-0.05, 0) is 19.4 Å². The maximum atomic E-state index is 12.4. The number of amides is 1. The molecule has 0 aliphatic carbocycles. The van der Waals surface area contributed by atoms with Gasteiger partial charge in [-0.1, -0.05) is 30.1 Å². The lowest BCUT2D eigenvalue weighted by molar-refractivity contribution is -0.143. The lowest BCUT2D eigenvalue weighted by Crippen LogP contribution is -2.37. The first-order valence-corrected chi connectivity index (χ1v) is 6.88. The molecule has 1 rings (SSSR count). The first kappa shape index (κ1) is 16.7. The van der Waals surface area contributed by atoms with E-state index in [0.29, 0.717) is 13.0 Å². The molecule has 0 aromatic carbocycles. The molecular weight excluding hydrogens is 305 g/mol. The maximum absolute atomic E-state index is 12.4. The number of carbonyl (C=O) groups excluding carboxylic acids is 2. The quantitative estimate of drug-likeness (QED) is 0.751. The van der Waals surface area contributed by atoms with Crippen molar-refractivity contribution < 1.29 is 14.3 Å². The summed E-state index contributed by atoms with van der Waals surface area (Å²) in [4.78, 5) is 25.2. The molecule has 0 N–H and O–H groups in total. The molecule has 20 heavy (non-hydrogen) atoms. The maximum Gasteiger partial charge on any atom is 0.325 e. The second-order valence-corrected chi connectivity index (χ2v) is 4.65. The van der Waals surface area contributed by atoms with E-state index in [0.717, 1.165) is 0 Å². The number of esters is 1. The van der Waals surface area contributed by atoms with Crippen LogP contribution in [0.3, 0.4) is 0 Å². The van der Waals surface area contributed by atoms with Gasteiger partial charge in [0.1, 0.15) is 6.54 Å². The fraction of sp³-hybridized carbons (Fsp3) is 0.500. The fourth-order valence-corrected chi connectivity index (χ4v) is 1.88. The van der Waals surface area contributed by atoms with Gasteiger partial charge in [-0.2, -0.15) is 0 Å². The summed E-state index contributed by atoms with van der Waals surface area (Å²) in [6.45, 7) is 4.11. The van der Waals surface area contributed by atoms with Crippen LogP contribution in [0.5, 0.6) is 0 Å². The summed E-state index contributed by atoms with van der Waals surface area (Å²) in [6.07, 6.45) is 0.689. The van der Waals surface area contributed by atoms with Crippen LogP contribution < -0.4 is 0 Å². The summed E-state index contributed by atoms with van der Waals surface area (Å²) in [5.74, 6) is -0.903. The molecule has 1 aromatic rings. The Morgan fingerprint density at radius 2 is 2.00 bits per heavy atom. The van der Waals surface area contributed by atoms with Crippen LogP contribution >= 0.6 is 23.2 Å². The Labute approximate surface area is 127 Å². The second-order valence-electron chi connectivity index (χ2n) is 3.90. The molecule has 0 spiro atoms. The van der Waals surface area contributed by atoms with Crippen molar-refractivity contribution in [1.82, 2.24) is 15.1 Å². The van der Waals surface area contributed by atoms with Crippen LogP contribution in [0.4, 0.5) is 0 Å². The van der Waals surface area contributed by atoms with Gasteiger partial charge in [-0.3, -0.25) is 9.59 Å². The molecule has 1 heterocycles. The van der Waals surface area contributed by atoms with Gasteiger partial charge >= 0.3 is 5.97 Å². The third-order valence-electron chi connectivity index (χ3n) is 2.36. The Kier molecular flexibility index (Phi) is 6.67. The number of hydrogen-bond donors (Lipinski definition) is 0. The number of carbonyl (C=O) groups is 2. The molecular formula is C12H15Cl2N3O3. The molecule has 0 bridgehead atoms. The Morgan fingerprint density at radius 1 is 1.30 bits per heavy atom. The Hall–Kier alpha value is -1.40. The number of aromatic nitrogens is 2. The normalized spacial score (nSPS) is 10.2. The number of rotatable bonds is 6. The molecule has 0 radical (unpaired) electrons. The predicted octanol–water partition coefficient (Wildman–Crippen LogP) is 2.20. The van der Waals surface area contributed by atoms with Gasteiger partial charge in [0.2, 0.25) is 0 Å². The summed E-state index contributed by atoms with van der Waals surface area (Å²) in [6, 6.07) is 1.33. The Bertz CT molecular complexity index is 497. The van der Waals surface area contributed by atoms with Crippen molar-refractivity contribution in [2.75, 3.05) is 19.7 Å². The topological polar surface area (TPSA) is 72.4 Å². The van der Waals surface area contributed by atoms with Gasteiger partial charge in [-0.25, -0.2) is 0 Å². The Balaban J connectivity index is 2.93. The van der Waals surface area contributed by atoms with Crippen LogP contribution in [0.1, 0.15) is 30.6 Å². The first-order valence-electron chi connectivity index (χ1n) is 6.13. The zero-order chi connectivity index (χ0) is 15.1. The highest BCUT2D eigenvalue weighted by atomic mass is 35.5. The number of ether oxygens (including phenoxy) is 1. The largest absolute Gasteiger partial charge is 0.465 e. The van der Waals surface area contributed by atoms with Crippen LogP contribution in [-0.4, -0.2) is 46.7 Å². The van der Waals surface area contributed by atoms with Crippen molar-refractivity contribution in [3.8, 4) is 0 Å². The van der Waals surface area contributed by atoms with Gasteiger partial charge < -0.3 is 9.64 Å². The smallest absolute Gasteiger partial charge is 0.325 e. The first-order chi connectivity index (χ1) is 9.49. The fourth-order valence-electron chi connectivity index (χ4n) is 1.56. The molecule has 1 aromatic heterocycles. The summed E-state index contributed by atoms with van der Waals surface area (Å²) >= 11 is 11.5. The van der Waals surface area contributed by atoms with Crippen molar-refractivity contribution in [3.63, 3.8) is 0 Å². The van der Waals surface area contributed by atoms with E-state index in [2.05, 4.69) is 10.2 Å². The van der Waals surface area contributed by atoms with Gasteiger partial charge in [-0.15, -0.1) is 10.2 Å². The highest BCUT2D eigenvalue weighted by Gasteiger charge is 2.22. The van der Waals surface area contributed by atoms with E-state index in [1.165, 1.54) is 11.0 Å². The monoisotopic (exact) mass is 319 g/mol. The van der Waals surface area contributed by atoms with Crippen molar-refractivity contribution in [3.05, 3.63) is 21.9 Å². The molecule has 6 nitrogen and oxygen atoms in total. The summed E-state index contributed by atoms with van der Waals surface area (Å²) in [7, 11) is 0. The molecule has 0 atom stereocenters. The minimum Gasteiger partial charge on any atom is -0.465 e. The average molecular weight is 320 g/mol. The van der Waals surface area contributed by atoms with E-state index in [1.807, 2.05) is 6.92 Å². The number of nitrogens with zero attached hydrogens (tertiary/aromatic N) is 3. The van der Waals surface area contributed by atoms with Crippen LogP contribution in [-0.2, 0) is 9.53 Å². The minimum atomic E-state index is -0.474. The highest BCUT2D eigenvalue weighted by Crippen LogP contribution is 2.17. The molecule has 110 valence electrons. The van der Waals surface area contributed by atoms with Crippen molar-refractivity contribution in [2.45, 2.75) is 20.3 Å². The molecule has 0 saturated heterocycles. The van der Waals surface area contributed by atoms with Gasteiger partial charge in [0.15, 0.2) is 10.3 Å². The predicted molar refractivity (Wildman–Crippen MR) is 74.9 cm³/mol. The minimum absolute atomic E-state index is 0.0515. The van der Waals surface area contributed by atoms with Crippen molar-refractivity contribution in [2.24, 2.45) is 0 Å². The Morgan fingerprint density at radius 3 is 2.60 bits per heavy atom. The van der Waals surface area contributed by atoms with Gasteiger partial charge in [0, 0.05) is 6.54 Å². The number of hydrogen-bond acceptors (Lipinski definition) is 5. The SMILES string of the molecule is CCCN(CC(=O)OCC)C(=O)c1cc(Cl)nnc1Cl. The average Bonchev–Trinajstić information content (AvgIpc) is 2.40. The summed E-state index contributed by atoms with van der Waals surface area (Å²) in [5, 5.41) is 7.13. The van der Waals surface area contributed by atoms with Crippen molar-refractivity contribution in [1.29, 1.82) is 0 Å². The van der Waals surface area contributed by atoms with Crippen LogP contribution in [0.25, 0.3) is 0 Å². The zero-order valence-electron chi connectivity index (χ0n) is 11.2. The molecule has 8 heteroatoms. The standard InChI is InChI=1S/C12H15Cl2N3O3/c1-3-5-17(7-10(18)20-4-2)12(19)8-6-9(13)15-16-11(8)14/h6H,3-5,7H2,1-2H3. The zero-order valence-corrected chi connectivity index (χ0v) is 12.7. The lowest BCUT2D eigenvalue weighted by atomic mass is 10.2. The molecule has 1 amide bonds. The molecule has 0 unspecified atom stereocenters. The van der Waals surface area contributed by atoms with Gasteiger partial charge in [0.05, 0.1) is 12.2 Å². The second kappa shape index (κ2) is 8.01. The van der Waals surface area contributed by atoms with Crippen LogP contribution in [0, 0.1) is 0 Å². The van der Waals surface area contributed by atoms with E-state index in [-0.39, 0.29) is 29.0 Å². The summed E-state index contributed by atoms with van der Waals surface area (Å²) < 4.78 is 4.84. The van der Waals surface area contributed by atoms with E-state index in [1.54, 1.807) is 6.92 Å². The van der Waals surface area contributed by atoms with Crippen LogP contribution in [0.15, 0.2) is 6.07 Å².